The summed E-state index contributed by atoms with van der Waals surface area (Å²) in [6.45, 7) is 6.36. The van der Waals surface area contributed by atoms with Gasteiger partial charge < -0.3 is 14.4 Å². The van der Waals surface area contributed by atoms with Gasteiger partial charge in [-0.05, 0) is 24.5 Å². The van der Waals surface area contributed by atoms with Crippen molar-refractivity contribution < 1.29 is 14.6 Å². The summed E-state index contributed by atoms with van der Waals surface area (Å²) in [7, 11) is 0. The van der Waals surface area contributed by atoms with Crippen LogP contribution < -0.4 is 0 Å². The molecule has 0 fully saturated rings. The van der Waals surface area contributed by atoms with Crippen molar-refractivity contribution in [3.63, 3.8) is 0 Å². The van der Waals surface area contributed by atoms with Crippen LogP contribution in [0.1, 0.15) is 30.6 Å². The number of nitrogens with zero attached hydrogens (tertiary/aromatic N) is 1. The van der Waals surface area contributed by atoms with Gasteiger partial charge in [0.25, 0.3) is 0 Å². The Balaban J connectivity index is 2.05. The summed E-state index contributed by atoms with van der Waals surface area (Å²) in [6.07, 6.45) is 2.97. The fourth-order valence-electron chi connectivity index (χ4n) is 2.20. The van der Waals surface area contributed by atoms with Gasteiger partial charge >= 0.3 is 5.97 Å². The van der Waals surface area contributed by atoms with E-state index in [0.29, 0.717) is 24.6 Å². The van der Waals surface area contributed by atoms with E-state index in [2.05, 4.69) is 13.8 Å². The molecule has 0 spiro atoms. The molecule has 0 saturated carbocycles. The number of aromatic carboxylic acids is 1. The summed E-state index contributed by atoms with van der Waals surface area (Å²) < 4.78 is 7.55. The van der Waals surface area contributed by atoms with Crippen molar-refractivity contribution in [3.8, 4) is 0 Å². The SMILES string of the molecule is CC(C)CCOCCn1ccc2cccc(C(=O)O)c21. The van der Waals surface area contributed by atoms with E-state index in [1.807, 2.05) is 22.9 Å². The lowest BCUT2D eigenvalue weighted by atomic mass is 10.1. The predicted octanol–water partition coefficient (Wildman–Crippen LogP) is 3.40. The van der Waals surface area contributed by atoms with Gasteiger partial charge in [-0.15, -0.1) is 0 Å². The van der Waals surface area contributed by atoms with Gasteiger partial charge in [0.15, 0.2) is 0 Å². The van der Waals surface area contributed by atoms with Crippen molar-refractivity contribution in [2.24, 2.45) is 5.92 Å². The summed E-state index contributed by atoms with van der Waals surface area (Å²) in [5, 5.41) is 10.2. The van der Waals surface area contributed by atoms with Crippen molar-refractivity contribution >= 4 is 16.9 Å². The maximum Gasteiger partial charge on any atom is 0.337 e. The van der Waals surface area contributed by atoms with Crippen LogP contribution in [0.5, 0.6) is 0 Å². The average molecular weight is 275 g/mol. The van der Waals surface area contributed by atoms with Crippen molar-refractivity contribution in [2.45, 2.75) is 26.8 Å². The highest BCUT2D eigenvalue weighted by molar-refractivity contribution is 6.02. The third-order valence-electron chi connectivity index (χ3n) is 3.33. The lowest BCUT2D eigenvalue weighted by Crippen LogP contribution is -2.09. The molecule has 0 unspecified atom stereocenters. The number of carbonyl (C=O) groups is 1. The first-order chi connectivity index (χ1) is 9.59. The normalized spacial score (nSPS) is 11.3. The molecule has 0 aliphatic rings. The molecule has 20 heavy (non-hydrogen) atoms. The van der Waals surface area contributed by atoms with Gasteiger partial charge in [0.2, 0.25) is 0 Å². The van der Waals surface area contributed by atoms with Gasteiger partial charge in [0.05, 0.1) is 17.7 Å². The van der Waals surface area contributed by atoms with E-state index in [0.717, 1.165) is 23.9 Å². The molecule has 1 N–H and O–H groups in total. The number of hydrogen-bond donors (Lipinski definition) is 1. The number of aromatic nitrogens is 1. The molecule has 2 rings (SSSR count). The zero-order valence-corrected chi connectivity index (χ0v) is 12.0. The number of para-hydroxylation sites is 1. The van der Waals surface area contributed by atoms with Crippen molar-refractivity contribution in [1.29, 1.82) is 0 Å². The Morgan fingerprint density at radius 1 is 1.30 bits per heavy atom. The molecule has 0 aliphatic heterocycles. The number of carboxylic acids is 1. The van der Waals surface area contributed by atoms with Gasteiger partial charge in [-0.1, -0.05) is 26.0 Å². The fourth-order valence-corrected chi connectivity index (χ4v) is 2.20. The number of fused-ring (bicyclic) bond motifs is 1. The average Bonchev–Trinajstić information content (AvgIpc) is 2.81. The number of ether oxygens (including phenoxy) is 1. The second-order valence-electron chi connectivity index (χ2n) is 5.35. The monoisotopic (exact) mass is 275 g/mol. The molecule has 1 aromatic heterocycles. The second kappa shape index (κ2) is 6.57. The van der Waals surface area contributed by atoms with Crippen LogP contribution in [0.4, 0.5) is 0 Å². The molecule has 108 valence electrons. The van der Waals surface area contributed by atoms with Crippen LogP contribution in [0.3, 0.4) is 0 Å². The maximum atomic E-state index is 11.3. The third kappa shape index (κ3) is 3.39. The summed E-state index contributed by atoms with van der Waals surface area (Å²) >= 11 is 0. The van der Waals surface area contributed by atoms with Gasteiger partial charge in [-0.25, -0.2) is 4.79 Å². The topological polar surface area (TPSA) is 51.5 Å². The quantitative estimate of drug-likeness (QED) is 0.788. The van der Waals surface area contributed by atoms with Gasteiger partial charge in [-0.2, -0.15) is 0 Å². The molecular formula is C16H21NO3. The molecule has 0 saturated heterocycles. The highest BCUT2D eigenvalue weighted by Crippen LogP contribution is 2.20. The van der Waals surface area contributed by atoms with Crippen LogP contribution in [-0.4, -0.2) is 28.9 Å². The van der Waals surface area contributed by atoms with Crippen molar-refractivity contribution in [1.82, 2.24) is 4.57 Å². The smallest absolute Gasteiger partial charge is 0.337 e. The van der Waals surface area contributed by atoms with Crippen molar-refractivity contribution in [2.75, 3.05) is 13.2 Å². The summed E-state index contributed by atoms with van der Waals surface area (Å²) in [4.78, 5) is 11.3. The molecule has 0 amide bonds. The zero-order valence-electron chi connectivity index (χ0n) is 12.0. The Morgan fingerprint density at radius 3 is 2.80 bits per heavy atom. The van der Waals surface area contributed by atoms with E-state index in [-0.39, 0.29) is 0 Å². The van der Waals surface area contributed by atoms with Crippen LogP contribution in [0, 0.1) is 5.92 Å². The second-order valence-corrected chi connectivity index (χ2v) is 5.35. The zero-order chi connectivity index (χ0) is 14.5. The highest BCUT2D eigenvalue weighted by Gasteiger charge is 2.11. The molecule has 1 heterocycles. The lowest BCUT2D eigenvalue weighted by molar-refractivity contribution is 0.0698. The summed E-state index contributed by atoms with van der Waals surface area (Å²) in [5.74, 6) is -0.253. The Hall–Kier alpha value is -1.81. The number of rotatable bonds is 7. The van der Waals surface area contributed by atoms with Crippen LogP contribution >= 0.6 is 0 Å². The number of carboxylic acid groups (broad SMARTS) is 1. The number of benzene rings is 1. The Kier molecular flexibility index (Phi) is 4.79. The maximum absolute atomic E-state index is 11.3. The van der Waals surface area contributed by atoms with E-state index >= 15 is 0 Å². The van der Waals surface area contributed by atoms with E-state index in [4.69, 9.17) is 4.74 Å². The van der Waals surface area contributed by atoms with Crippen LogP contribution in [0.15, 0.2) is 30.5 Å². The highest BCUT2D eigenvalue weighted by atomic mass is 16.5. The molecule has 2 aromatic rings. The molecule has 0 atom stereocenters. The van der Waals surface area contributed by atoms with Crippen molar-refractivity contribution in [3.05, 3.63) is 36.0 Å². The van der Waals surface area contributed by atoms with Crippen LogP contribution in [-0.2, 0) is 11.3 Å². The van der Waals surface area contributed by atoms with Gasteiger partial charge in [-0.3, -0.25) is 0 Å². The molecule has 0 radical (unpaired) electrons. The first-order valence-corrected chi connectivity index (χ1v) is 6.98. The van der Waals surface area contributed by atoms with Gasteiger partial charge in [0, 0.05) is 24.7 Å². The number of hydrogen-bond acceptors (Lipinski definition) is 2. The minimum absolute atomic E-state index is 0.342. The molecule has 4 heteroatoms. The Labute approximate surface area is 119 Å². The fraction of sp³-hybridized carbons (Fsp3) is 0.438. The first-order valence-electron chi connectivity index (χ1n) is 6.98. The van der Waals surface area contributed by atoms with E-state index < -0.39 is 5.97 Å². The summed E-state index contributed by atoms with van der Waals surface area (Å²) in [6, 6.07) is 7.28. The Bertz CT molecular complexity index is 586. The standard InChI is InChI=1S/C16H21NO3/c1-12(2)7-10-20-11-9-17-8-6-13-4-3-5-14(15(13)17)16(18)19/h3-6,8,12H,7,9-11H2,1-2H3,(H,18,19). The molecule has 0 aliphatic carbocycles. The van der Waals surface area contributed by atoms with Gasteiger partial charge in [0.1, 0.15) is 0 Å². The minimum atomic E-state index is -0.892. The molecule has 0 bridgehead atoms. The molecular weight excluding hydrogens is 254 g/mol. The lowest BCUT2D eigenvalue weighted by Gasteiger charge is -2.09. The van der Waals surface area contributed by atoms with Crippen LogP contribution in [0.2, 0.25) is 0 Å². The largest absolute Gasteiger partial charge is 0.478 e. The van der Waals surface area contributed by atoms with Crippen LogP contribution in [0.25, 0.3) is 10.9 Å². The Morgan fingerprint density at radius 2 is 2.10 bits per heavy atom. The molecule has 4 nitrogen and oxygen atoms in total. The van der Waals surface area contributed by atoms with E-state index in [1.165, 1.54) is 0 Å². The first kappa shape index (κ1) is 14.6. The van der Waals surface area contributed by atoms with E-state index in [9.17, 15) is 9.90 Å². The predicted molar refractivity (Wildman–Crippen MR) is 79.2 cm³/mol. The van der Waals surface area contributed by atoms with E-state index in [1.54, 1.807) is 12.1 Å². The summed E-state index contributed by atoms with van der Waals surface area (Å²) in [5.41, 5.74) is 1.11. The third-order valence-corrected chi connectivity index (χ3v) is 3.33. The minimum Gasteiger partial charge on any atom is -0.478 e. The molecule has 1 aromatic carbocycles.